The minimum atomic E-state index is -0.272. The molecule has 0 aliphatic carbocycles. The van der Waals surface area contributed by atoms with E-state index in [1.54, 1.807) is 24.3 Å². The third-order valence-electron chi connectivity index (χ3n) is 3.99. The first kappa shape index (κ1) is 16.5. The second kappa shape index (κ2) is 7.04. The molecule has 1 N–H and O–H groups in total. The first-order valence-corrected chi connectivity index (χ1v) is 7.80. The molecule has 0 unspecified atom stereocenters. The SMILES string of the molecule is C/C(=N\NC(=O)c1ccc(-n2cnnn2)cc1)c1ccc(C)c(C)c1. The number of carbonyl (C=O) groups is 1. The fourth-order valence-corrected chi connectivity index (χ4v) is 2.28. The third kappa shape index (κ3) is 3.77. The number of nitrogens with zero attached hydrogens (tertiary/aromatic N) is 5. The second-order valence-electron chi connectivity index (χ2n) is 5.74. The predicted molar refractivity (Wildman–Crippen MR) is 94.7 cm³/mol. The number of carbonyl (C=O) groups excluding carboxylic acids is 1. The molecule has 7 nitrogen and oxygen atoms in total. The summed E-state index contributed by atoms with van der Waals surface area (Å²) in [5.74, 6) is -0.272. The summed E-state index contributed by atoms with van der Waals surface area (Å²) in [7, 11) is 0. The lowest BCUT2D eigenvalue weighted by Crippen LogP contribution is -2.19. The van der Waals surface area contributed by atoms with Crippen molar-refractivity contribution in [1.29, 1.82) is 0 Å². The molecular formula is C18H18N6O. The van der Waals surface area contributed by atoms with Crippen LogP contribution in [-0.2, 0) is 0 Å². The van der Waals surface area contributed by atoms with Gasteiger partial charge >= 0.3 is 0 Å². The highest BCUT2D eigenvalue weighted by Gasteiger charge is 2.06. The van der Waals surface area contributed by atoms with Crippen LogP contribution < -0.4 is 5.43 Å². The molecule has 0 radical (unpaired) electrons. The van der Waals surface area contributed by atoms with E-state index in [1.807, 2.05) is 19.1 Å². The molecule has 0 saturated heterocycles. The van der Waals surface area contributed by atoms with Crippen LogP contribution in [0.4, 0.5) is 0 Å². The van der Waals surface area contributed by atoms with Gasteiger partial charge in [-0.15, -0.1) is 5.10 Å². The summed E-state index contributed by atoms with van der Waals surface area (Å²) in [6.07, 6.45) is 1.49. The summed E-state index contributed by atoms with van der Waals surface area (Å²) in [4.78, 5) is 12.2. The molecule has 7 heteroatoms. The zero-order valence-corrected chi connectivity index (χ0v) is 14.3. The van der Waals surface area contributed by atoms with E-state index >= 15 is 0 Å². The average molecular weight is 334 g/mol. The van der Waals surface area contributed by atoms with Gasteiger partial charge in [-0.2, -0.15) is 5.10 Å². The van der Waals surface area contributed by atoms with Crippen LogP contribution in [0.25, 0.3) is 5.69 Å². The van der Waals surface area contributed by atoms with Crippen molar-refractivity contribution < 1.29 is 4.79 Å². The molecule has 1 amide bonds. The molecule has 0 aliphatic rings. The lowest BCUT2D eigenvalue weighted by molar-refractivity contribution is 0.0955. The van der Waals surface area contributed by atoms with Gasteiger partial charge < -0.3 is 0 Å². The molecule has 3 aromatic rings. The summed E-state index contributed by atoms with van der Waals surface area (Å²) in [5.41, 5.74) is 8.02. The van der Waals surface area contributed by atoms with Crippen LogP contribution in [0.2, 0.25) is 0 Å². The first-order valence-electron chi connectivity index (χ1n) is 7.80. The molecule has 2 aromatic carbocycles. The van der Waals surface area contributed by atoms with Crippen molar-refractivity contribution in [3.05, 3.63) is 71.0 Å². The van der Waals surface area contributed by atoms with Crippen molar-refractivity contribution in [1.82, 2.24) is 25.6 Å². The maximum atomic E-state index is 12.2. The molecule has 0 aliphatic heterocycles. The number of hydrogen-bond donors (Lipinski definition) is 1. The molecular weight excluding hydrogens is 316 g/mol. The fraction of sp³-hybridized carbons (Fsp3) is 0.167. The van der Waals surface area contributed by atoms with Gasteiger partial charge in [-0.25, -0.2) is 10.1 Å². The smallest absolute Gasteiger partial charge is 0.267 e. The van der Waals surface area contributed by atoms with Gasteiger partial charge in [0, 0.05) is 5.56 Å². The van der Waals surface area contributed by atoms with E-state index in [2.05, 4.69) is 46.0 Å². The van der Waals surface area contributed by atoms with Crippen LogP contribution >= 0.6 is 0 Å². The highest BCUT2D eigenvalue weighted by molar-refractivity contribution is 6.01. The van der Waals surface area contributed by atoms with Gasteiger partial charge in [0.1, 0.15) is 6.33 Å². The van der Waals surface area contributed by atoms with E-state index in [1.165, 1.54) is 22.1 Å². The third-order valence-corrected chi connectivity index (χ3v) is 3.99. The number of hydrazone groups is 1. The van der Waals surface area contributed by atoms with Crippen molar-refractivity contribution in [3.63, 3.8) is 0 Å². The topological polar surface area (TPSA) is 85.1 Å². The summed E-state index contributed by atoms with van der Waals surface area (Å²) >= 11 is 0. The first-order chi connectivity index (χ1) is 12.0. The number of aromatic nitrogens is 4. The normalized spacial score (nSPS) is 11.4. The van der Waals surface area contributed by atoms with Gasteiger partial charge in [-0.05, 0) is 78.2 Å². The average Bonchev–Trinajstić information content (AvgIpc) is 3.16. The number of aryl methyl sites for hydroxylation is 2. The van der Waals surface area contributed by atoms with E-state index in [-0.39, 0.29) is 5.91 Å². The van der Waals surface area contributed by atoms with Gasteiger partial charge in [0.15, 0.2) is 0 Å². The Morgan fingerprint density at radius 2 is 1.76 bits per heavy atom. The summed E-state index contributed by atoms with van der Waals surface area (Å²) in [6.45, 7) is 5.98. The van der Waals surface area contributed by atoms with Gasteiger partial charge in [0.05, 0.1) is 11.4 Å². The van der Waals surface area contributed by atoms with Crippen molar-refractivity contribution in [2.75, 3.05) is 0 Å². The van der Waals surface area contributed by atoms with E-state index < -0.39 is 0 Å². The minimum absolute atomic E-state index is 0.272. The van der Waals surface area contributed by atoms with Crippen molar-refractivity contribution in [2.24, 2.45) is 5.10 Å². The molecule has 0 bridgehead atoms. The summed E-state index contributed by atoms with van der Waals surface area (Å²) in [6, 6.07) is 13.0. The molecule has 126 valence electrons. The van der Waals surface area contributed by atoms with Crippen LogP contribution in [0.15, 0.2) is 53.9 Å². The fourth-order valence-electron chi connectivity index (χ4n) is 2.28. The monoisotopic (exact) mass is 334 g/mol. The molecule has 0 fully saturated rings. The van der Waals surface area contributed by atoms with Crippen LogP contribution in [0.5, 0.6) is 0 Å². The molecule has 0 saturated carbocycles. The molecule has 3 rings (SSSR count). The zero-order valence-electron chi connectivity index (χ0n) is 14.3. The molecule has 1 heterocycles. The number of amides is 1. The molecule has 0 spiro atoms. The molecule has 0 atom stereocenters. The minimum Gasteiger partial charge on any atom is -0.267 e. The van der Waals surface area contributed by atoms with Crippen molar-refractivity contribution in [2.45, 2.75) is 20.8 Å². The number of tetrazole rings is 1. The van der Waals surface area contributed by atoms with E-state index in [0.29, 0.717) is 5.56 Å². The zero-order chi connectivity index (χ0) is 17.8. The number of hydrogen-bond acceptors (Lipinski definition) is 5. The Hall–Kier alpha value is -3.35. The van der Waals surface area contributed by atoms with Gasteiger partial charge in [-0.3, -0.25) is 4.79 Å². The number of rotatable bonds is 4. The summed E-state index contributed by atoms with van der Waals surface area (Å²) < 4.78 is 1.52. The summed E-state index contributed by atoms with van der Waals surface area (Å²) in [5, 5.41) is 15.2. The quantitative estimate of drug-likeness (QED) is 0.586. The van der Waals surface area contributed by atoms with Crippen molar-refractivity contribution in [3.8, 4) is 5.69 Å². The highest BCUT2D eigenvalue weighted by Crippen LogP contribution is 2.11. The highest BCUT2D eigenvalue weighted by atomic mass is 16.2. The lowest BCUT2D eigenvalue weighted by atomic mass is 10.0. The van der Waals surface area contributed by atoms with Gasteiger partial charge in [0.2, 0.25) is 0 Å². The van der Waals surface area contributed by atoms with Crippen LogP contribution in [0.1, 0.15) is 34.0 Å². The standard InChI is InChI=1S/C18H18N6O/c1-12-4-5-16(10-13(12)2)14(3)20-21-18(25)15-6-8-17(9-7-15)24-11-19-22-23-24/h4-11H,1-3H3,(H,21,25)/b20-14+. The molecule has 1 aromatic heterocycles. The predicted octanol–water partition coefficient (Wildman–Crippen LogP) is 2.43. The van der Waals surface area contributed by atoms with E-state index in [9.17, 15) is 4.79 Å². The maximum Gasteiger partial charge on any atom is 0.271 e. The number of nitrogens with one attached hydrogen (secondary N) is 1. The molecule has 25 heavy (non-hydrogen) atoms. The Morgan fingerprint density at radius 3 is 2.40 bits per heavy atom. The van der Waals surface area contributed by atoms with Gasteiger partial charge in [0.25, 0.3) is 5.91 Å². The Kier molecular flexibility index (Phi) is 4.65. The van der Waals surface area contributed by atoms with Crippen LogP contribution in [0, 0.1) is 13.8 Å². The van der Waals surface area contributed by atoms with Crippen LogP contribution in [-0.4, -0.2) is 31.8 Å². The van der Waals surface area contributed by atoms with E-state index in [0.717, 1.165) is 17.0 Å². The Bertz CT molecular complexity index is 913. The van der Waals surface area contributed by atoms with Crippen molar-refractivity contribution >= 4 is 11.6 Å². The van der Waals surface area contributed by atoms with Gasteiger partial charge in [-0.1, -0.05) is 12.1 Å². The number of benzene rings is 2. The Balaban J connectivity index is 1.70. The largest absolute Gasteiger partial charge is 0.271 e. The van der Waals surface area contributed by atoms with Crippen LogP contribution in [0.3, 0.4) is 0 Å². The Morgan fingerprint density at radius 1 is 1.04 bits per heavy atom. The lowest BCUT2D eigenvalue weighted by Gasteiger charge is -2.06. The Labute approximate surface area is 145 Å². The second-order valence-corrected chi connectivity index (χ2v) is 5.74. The van der Waals surface area contributed by atoms with E-state index in [4.69, 9.17) is 0 Å². The maximum absolute atomic E-state index is 12.2.